The van der Waals surface area contributed by atoms with E-state index < -0.39 is 0 Å². The topological polar surface area (TPSA) is 26.3 Å². The summed E-state index contributed by atoms with van der Waals surface area (Å²) in [5.74, 6) is 1.71. The van der Waals surface area contributed by atoms with Crippen molar-refractivity contribution in [3.8, 4) is 5.75 Å². The van der Waals surface area contributed by atoms with Gasteiger partial charge in [-0.2, -0.15) is 0 Å². The zero-order chi connectivity index (χ0) is 13.2. The first kappa shape index (κ1) is 13.0. The molecule has 2 nitrogen and oxygen atoms in total. The molecule has 0 spiro atoms. The molecule has 1 aromatic rings. The van der Waals surface area contributed by atoms with Gasteiger partial charge in [0.05, 0.1) is 6.61 Å². The average Bonchev–Trinajstić information content (AvgIpc) is 3.05. The van der Waals surface area contributed by atoms with E-state index in [0.717, 1.165) is 48.6 Å². The van der Waals surface area contributed by atoms with Crippen LogP contribution in [0.15, 0.2) is 12.1 Å². The van der Waals surface area contributed by atoms with Gasteiger partial charge >= 0.3 is 0 Å². The van der Waals surface area contributed by atoms with E-state index in [1.807, 2.05) is 12.1 Å². The van der Waals surface area contributed by atoms with Gasteiger partial charge in [-0.15, -0.1) is 0 Å². The highest BCUT2D eigenvalue weighted by molar-refractivity contribution is 6.30. The number of benzene rings is 1. The number of fused-ring (bicyclic) bond motifs is 1. The fraction of sp³-hybridized carbons (Fsp3) is 0.562. The molecular weight excluding hydrogens is 260 g/mol. The maximum Gasteiger partial charge on any atom is 0.136 e. The smallest absolute Gasteiger partial charge is 0.136 e. The summed E-state index contributed by atoms with van der Waals surface area (Å²) in [5.41, 5.74) is 2.29. The Morgan fingerprint density at radius 2 is 2.11 bits per heavy atom. The number of halogens is 1. The third kappa shape index (κ3) is 2.79. The van der Waals surface area contributed by atoms with Crippen molar-refractivity contribution in [2.24, 2.45) is 5.92 Å². The van der Waals surface area contributed by atoms with E-state index >= 15 is 0 Å². The molecule has 0 aromatic heterocycles. The van der Waals surface area contributed by atoms with E-state index in [2.05, 4.69) is 0 Å². The molecule has 1 saturated carbocycles. The number of hydrogen-bond acceptors (Lipinski definition) is 2. The summed E-state index contributed by atoms with van der Waals surface area (Å²) in [6, 6.07) is 3.93. The van der Waals surface area contributed by atoms with Gasteiger partial charge in [0.1, 0.15) is 11.5 Å². The van der Waals surface area contributed by atoms with Crippen LogP contribution < -0.4 is 4.74 Å². The average molecular weight is 279 g/mol. The quantitative estimate of drug-likeness (QED) is 0.833. The summed E-state index contributed by atoms with van der Waals surface area (Å²) in [6.45, 7) is 0.735. The van der Waals surface area contributed by atoms with Gasteiger partial charge in [-0.05, 0) is 42.5 Å². The summed E-state index contributed by atoms with van der Waals surface area (Å²) in [5, 5.41) is 0.757. The number of ether oxygens (including phenoxy) is 1. The number of hydrogen-bond donors (Lipinski definition) is 0. The predicted octanol–water partition coefficient (Wildman–Crippen LogP) is 3.97. The number of carbonyl (C=O) groups excluding carboxylic acids is 1. The first-order chi connectivity index (χ1) is 9.24. The highest BCUT2D eigenvalue weighted by Crippen LogP contribution is 2.34. The summed E-state index contributed by atoms with van der Waals surface area (Å²) >= 11 is 6.13. The molecular formula is C16H19ClO2. The molecule has 1 fully saturated rings. The van der Waals surface area contributed by atoms with Crippen molar-refractivity contribution in [3.63, 3.8) is 0 Å². The van der Waals surface area contributed by atoms with E-state index in [1.54, 1.807) is 0 Å². The number of rotatable bonds is 4. The van der Waals surface area contributed by atoms with Gasteiger partial charge in [0.2, 0.25) is 0 Å². The van der Waals surface area contributed by atoms with Crippen molar-refractivity contribution >= 4 is 17.4 Å². The number of aryl methyl sites for hydroxylation is 1. The summed E-state index contributed by atoms with van der Waals surface area (Å²) < 4.78 is 5.67. The van der Waals surface area contributed by atoms with Crippen molar-refractivity contribution in [1.82, 2.24) is 0 Å². The van der Waals surface area contributed by atoms with Crippen LogP contribution in [0.5, 0.6) is 5.75 Å². The lowest BCUT2D eigenvalue weighted by Gasteiger charge is -2.11. The molecule has 1 aliphatic heterocycles. The first-order valence-corrected chi connectivity index (χ1v) is 7.58. The fourth-order valence-corrected chi connectivity index (χ4v) is 3.50. The second-order valence-corrected chi connectivity index (χ2v) is 6.04. The highest BCUT2D eigenvalue weighted by Gasteiger charge is 2.23. The number of Topliss-reactive ketones (excluding diaryl/α,β-unsaturated/α-hetero) is 1. The first-order valence-electron chi connectivity index (χ1n) is 7.21. The minimum absolute atomic E-state index is 0.313. The molecule has 2 aliphatic rings. The Morgan fingerprint density at radius 1 is 1.32 bits per heavy atom. The molecule has 0 unspecified atom stereocenters. The van der Waals surface area contributed by atoms with Crippen LogP contribution in [-0.2, 0) is 17.6 Å². The largest absolute Gasteiger partial charge is 0.493 e. The molecule has 102 valence electrons. The van der Waals surface area contributed by atoms with Gasteiger partial charge < -0.3 is 4.74 Å². The van der Waals surface area contributed by atoms with E-state index in [-0.39, 0.29) is 0 Å². The Kier molecular flexibility index (Phi) is 3.79. The molecule has 3 rings (SSSR count). The van der Waals surface area contributed by atoms with Crippen LogP contribution in [0, 0.1) is 5.92 Å². The van der Waals surface area contributed by atoms with Crippen molar-refractivity contribution in [2.45, 2.75) is 44.9 Å². The summed E-state index contributed by atoms with van der Waals surface area (Å²) in [4.78, 5) is 12.1. The van der Waals surface area contributed by atoms with Gasteiger partial charge in [-0.25, -0.2) is 0 Å². The second kappa shape index (κ2) is 5.54. The molecule has 0 atom stereocenters. The zero-order valence-electron chi connectivity index (χ0n) is 11.1. The van der Waals surface area contributed by atoms with Gasteiger partial charge in [-0.1, -0.05) is 24.4 Å². The van der Waals surface area contributed by atoms with Crippen LogP contribution >= 0.6 is 11.6 Å². The molecule has 0 amide bonds. The summed E-state index contributed by atoms with van der Waals surface area (Å²) in [7, 11) is 0. The van der Waals surface area contributed by atoms with E-state index in [1.165, 1.54) is 18.4 Å². The van der Waals surface area contributed by atoms with E-state index in [4.69, 9.17) is 16.3 Å². The summed E-state index contributed by atoms with van der Waals surface area (Å²) in [6.07, 6.45) is 6.92. The predicted molar refractivity (Wildman–Crippen MR) is 75.9 cm³/mol. The molecule has 1 aliphatic carbocycles. The van der Waals surface area contributed by atoms with Gasteiger partial charge in [0, 0.05) is 23.8 Å². The Hall–Kier alpha value is -1.02. The normalized spacial score (nSPS) is 18.4. The lowest BCUT2D eigenvalue weighted by molar-refractivity contribution is -0.122. The van der Waals surface area contributed by atoms with Crippen LogP contribution in [0.3, 0.4) is 0 Å². The molecule has 0 bridgehead atoms. The lowest BCUT2D eigenvalue weighted by atomic mass is 9.96. The molecule has 19 heavy (non-hydrogen) atoms. The van der Waals surface area contributed by atoms with Gasteiger partial charge in [0.25, 0.3) is 0 Å². The Bertz CT molecular complexity index is 490. The molecule has 1 heterocycles. The maximum atomic E-state index is 12.1. The van der Waals surface area contributed by atoms with Crippen molar-refractivity contribution in [1.29, 1.82) is 0 Å². The molecule has 3 heteroatoms. The van der Waals surface area contributed by atoms with Crippen LogP contribution in [0.2, 0.25) is 5.02 Å². The van der Waals surface area contributed by atoms with E-state index in [0.29, 0.717) is 18.1 Å². The van der Waals surface area contributed by atoms with Crippen molar-refractivity contribution < 1.29 is 9.53 Å². The number of carbonyl (C=O) groups is 1. The molecule has 0 radical (unpaired) electrons. The third-order valence-electron chi connectivity index (χ3n) is 4.28. The second-order valence-electron chi connectivity index (χ2n) is 5.60. The Balaban J connectivity index is 1.68. The molecule has 1 aromatic carbocycles. The lowest BCUT2D eigenvalue weighted by Crippen LogP contribution is -2.11. The minimum Gasteiger partial charge on any atom is -0.493 e. The SMILES string of the molecule is O=C(CCc1cc(Cl)cc2c1OCC2)C1CCCC1. The van der Waals surface area contributed by atoms with E-state index in [9.17, 15) is 4.79 Å². The molecule has 0 saturated heterocycles. The van der Waals surface area contributed by atoms with Crippen molar-refractivity contribution in [3.05, 3.63) is 28.3 Å². The molecule has 0 N–H and O–H groups in total. The third-order valence-corrected chi connectivity index (χ3v) is 4.49. The number of ketones is 1. The van der Waals surface area contributed by atoms with Crippen LogP contribution in [0.1, 0.15) is 43.2 Å². The Morgan fingerprint density at radius 3 is 2.89 bits per heavy atom. The van der Waals surface area contributed by atoms with Crippen LogP contribution in [0.25, 0.3) is 0 Å². The van der Waals surface area contributed by atoms with Crippen LogP contribution in [-0.4, -0.2) is 12.4 Å². The highest BCUT2D eigenvalue weighted by atomic mass is 35.5. The zero-order valence-corrected chi connectivity index (χ0v) is 11.8. The van der Waals surface area contributed by atoms with Gasteiger partial charge in [0.15, 0.2) is 0 Å². The van der Waals surface area contributed by atoms with Gasteiger partial charge in [-0.3, -0.25) is 4.79 Å². The Labute approximate surface area is 119 Å². The van der Waals surface area contributed by atoms with Crippen molar-refractivity contribution in [2.75, 3.05) is 6.61 Å². The standard InChI is InChI=1S/C16H19ClO2/c17-14-9-12(16-13(10-14)7-8-19-16)5-6-15(18)11-3-1-2-4-11/h9-11H,1-8H2. The maximum absolute atomic E-state index is 12.1. The fourth-order valence-electron chi connectivity index (χ4n) is 3.24. The monoisotopic (exact) mass is 278 g/mol. The van der Waals surface area contributed by atoms with Crippen LogP contribution in [0.4, 0.5) is 0 Å². The minimum atomic E-state index is 0.313.